The summed E-state index contributed by atoms with van der Waals surface area (Å²) in [4.78, 5) is 35.1. The molecule has 2 heterocycles. The van der Waals surface area contributed by atoms with Gasteiger partial charge in [-0.25, -0.2) is 9.79 Å². The average Bonchev–Trinajstić information content (AvgIpc) is 3.33. The van der Waals surface area contributed by atoms with Crippen LogP contribution >= 0.6 is 11.8 Å². The third-order valence-electron chi connectivity index (χ3n) is 6.32. The number of amides is 1. The number of carbonyl (C=O) groups excluding carboxylic acids is 2. The van der Waals surface area contributed by atoms with Crippen LogP contribution in [-0.2, 0) is 14.3 Å². The summed E-state index contributed by atoms with van der Waals surface area (Å²) >= 11 is 1.43. The zero-order chi connectivity index (χ0) is 26.5. The number of methoxy groups -OCH3 is 2. The van der Waals surface area contributed by atoms with Gasteiger partial charge in [0, 0.05) is 30.4 Å². The number of benzene rings is 2. The van der Waals surface area contributed by atoms with Crippen LogP contribution in [0.25, 0.3) is 5.70 Å². The molecule has 4 rings (SSSR count). The van der Waals surface area contributed by atoms with Gasteiger partial charge >= 0.3 is 5.97 Å². The van der Waals surface area contributed by atoms with Crippen LogP contribution < -0.4 is 9.47 Å². The lowest BCUT2D eigenvalue weighted by molar-refractivity contribution is -0.139. The van der Waals surface area contributed by atoms with E-state index in [1.807, 2.05) is 59.7 Å². The normalized spacial score (nSPS) is 16.6. The average molecular weight is 522 g/mol. The Morgan fingerprint density at radius 2 is 1.84 bits per heavy atom. The molecule has 8 nitrogen and oxygen atoms in total. The number of esters is 1. The van der Waals surface area contributed by atoms with Gasteiger partial charge in [0.15, 0.2) is 5.17 Å². The maximum absolute atomic E-state index is 13.6. The van der Waals surface area contributed by atoms with E-state index < -0.39 is 12.0 Å². The van der Waals surface area contributed by atoms with E-state index in [9.17, 15) is 9.59 Å². The molecule has 1 amide bonds. The van der Waals surface area contributed by atoms with Gasteiger partial charge in [-0.2, -0.15) is 0 Å². The van der Waals surface area contributed by atoms with Crippen LogP contribution in [0.1, 0.15) is 37.4 Å². The van der Waals surface area contributed by atoms with Crippen molar-refractivity contribution in [1.82, 2.24) is 9.80 Å². The third-order valence-corrected chi connectivity index (χ3v) is 7.21. The number of rotatable bonds is 9. The van der Waals surface area contributed by atoms with E-state index >= 15 is 0 Å². The standard InChI is InChI=1S/C28H31N3O5S/c1-6-30(3)23(32)15-19-17-37-28-29-25(18-11-9-8-10-12-18)24(27(33)36-7-2)26(31(19)28)21-16-20(34-4)13-14-22(21)35-5/h8-14,16-17,26H,6-7,15H2,1-5H3/t26-/m1/s1. The summed E-state index contributed by atoms with van der Waals surface area (Å²) < 4.78 is 16.8. The van der Waals surface area contributed by atoms with Crippen molar-refractivity contribution in [1.29, 1.82) is 0 Å². The molecule has 9 heteroatoms. The second-order valence-electron chi connectivity index (χ2n) is 8.44. The predicted molar refractivity (Wildman–Crippen MR) is 145 cm³/mol. The molecule has 0 aromatic heterocycles. The van der Waals surface area contributed by atoms with Gasteiger partial charge < -0.3 is 24.0 Å². The van der Waals surface area contributed by atoms with Gasteiger partial charge in [0.05, 0.1) is 44.6 Å². The quantitative estimate of drug-likeness (QED) is 0.437. The molecule has 0 bridgehead atoms. The van der Waals surface area contributed by atoms with Gasteiger partial charge in [0.1, 0.15) is 11.5 Å². The first-order valence-corrected chi connectivity index (χ1v) is 13.0. The lowest BCUT2D eigenvalue weighted by atomic mass is 9.90. The van der Waals surface area contributed by atoms with E-state index in [0.29, 0.717) is 40.0 Å². The Bertz CT molecular complexity index is 1270. The second-order valence-corrected chi connectivity index (χ2v) is 9.27. The number of thioether (sulfide) groups is 1. The molecule has 0 N–H and O–H groups in total. The Morgan fingerprint density at radius 3 is 2.49 bits per heavy atom. The van der Waals surface area contributed by atoms with E-state index in [4.69, 9.17) is 19.2 Å². The van der Waals surface area contributed by atoms with Crippen LogP contribution in [-0.4, -0.2) is 61.3 Å². The molecule has 1 atom stereocenters. The van der Waals surface area contributed by atoms with Crippen LogP contribution in [0.3, 0.4) is 0 Å². The molecule has 2 aromatic rings. The lowest BCUT2D eigenvalue weighted by Crippen LogP contribution is -2.38. The molecule has 0 saturated carbocycles. The van der Waals surface area contributed by atoms with Crippen molar-refractivity contribution in [3.63, 3.8) is 0 Å². The Kier molecular flexibility index (Phi) is 8.23. The molecular weight excluding hydrogens is 490 g/mol. The largest absolute Gasteiger partial charge is 0.497 e. The Labute approximate surface area is 221 Å². The first-order valence-electron chi connectivity index (χ1n) is 12.1. The van der Waals surface area contributed by atoms with Crippen molar-refractivity contribution in [3.8, 4) is 11.5 Å². The van der Waals surface area contributed by atoms with E-state index in [1.165, 1.54) is 11.8 Å². The fourth-order valence-electron chi connectivity index (χ4n) is 4.30. The molecule has 194 valence electrons. The fraction of sp³-hybridized carbons (Fsp3) is 0.321. The monoisotopic (exact) mass is 521 g/mol. The van der Waals surface area contributed by atoms with E-state index in [0.717, 1.165) is 11.3 Å². The van der Waals surface area contributed by atoms with Gasteiger partial charge in [-0.1, -0.05) is 42.1 Å². The summed E-state index contributed by atoms with van der Waals surface area (Å²) in [7, 11) is 4.95. The number of carbonyl (C=O) groups is 2. The number of aliphatic imine (C=N–C) groups is 1. The maximum Gasteiger partial charge on any atom is 0.338 e. The molecule has 0 aliphatic carbocycles. The summed E-state index contributed by atoms with van der Waals surface area (Å²) in [5.74, 6) is 0.688. The Morgan fingerprint density at radius 1 is 1.08 bits per heavy atom. The van der Waals surface area contributed by atoms with Gasteiger partial charge in [0.25, 0.3) is 0 Å². The molecule has 2 aliphatic heterocycles. The zero-order valence-corrected chi connectivity index (χ0v) is 22.5. The van der Waals surface area contributed by atoms with Crippen LogP contribution in [0.15, 0.2) is 70.2 Å². The highest BCUT2D eigenvalue weighted by atomic mass is 32.2. The Hall–Kier alpha value is -3.72. The third kappa shape index (κ3) is 5.22. The number of ether oxygens (including phenoxy) is 3. The van der Waals surface area contributed by atoms with Gasteiger partial charge in [0.2, 0.25) is 5.91 Å². The summed E-state index contributed by atoms with van der Waals surface area (Å²) in [5, 5.41) is 2.60. The lowest BCUT2D eigenvalue weighted by Gasteiger charge is -2.37. The van der Waals surface area contributed by atoms with Crippen molar-refractivity contribution in [2.75, 3.05) is 34.4 Å². The maximum atomic E-state index is 13.6. The second kappa shape index (κ2) is 11.6. The highest BCUT2D eigenvalue weighted by molar-refractivity contribution is 8.16. The summed E-state index contributed by atoms with van der Waals surface area (Å²) in [5.41, 5.74) is 3.14. The molecule has 37 heavy (non-hydrogen) atoms. The highest BCUT2D eigenvalue weighted by Gasteiger charge is 2.43. The molecule has 0 saturated heterocycles. The molecule has 0 fully saturated rings. The van der Waals surface area contributed by atoms with Crippen molar-refractivity contribution in [2.45, 2.75) is 26.3 Å². The summed E-state index contributed by atoms with van der Waals surface area (Å²) in [6, 6.07) is 14.4. The first-order chi connectivity index (χ1) is 17.9. The van der Waals surface area contributed by atoms with Crippen LogP contribution in [0, 0.1) is 0 Å². The van der Waals surface area contributed by atoms with Crippen LogP contribution in [0.5, 0.6) is 11.5 Å². The smallest absolute Gasteiger partial charge is 0.338 e. The molecule has 2 aromatic carbocycles. The first kappa shape index (κ1) is 26.3. The topological polar surface area (TPSA) is 80.7 Å². The number of hydrogen-bond donors (Lipinski definition) is 0. The summed E-state index contributed by atoms with van der Waals surface area (Å²) in [6.45, 7) is 4.51. The van der Waals surface area contributed by atoms with Crippen LogP contribution in [0.4, 0.5) is 0 Å². The molecular formula is C28H31N3O5S. The number of fused-ring (bicyclic) bond motifs is 1. The Balaban J connectivity index is 1.96. The summed E-state index contributed by atoms with van der Waals surface area (Å²) in [6.07, 6.45) is 0.163. The number of amidine groups is 1. The SMILES string of the molecule is CCOC(=O)C1=C(c2ccccc2)N=C2SC=C(CC(=O)N(C)CC)N2[C@@H]1c1cc(OC)ccc1OC. The number of hydrogen-bond acceptors (Lipinski definition) is 8. The van der Waals surface area contributed by atoms with Gasteiger partial charge in [-0.05, 0) is 37.5 Å². The van der Waals surface area contributed by atoms with Crippen molar-refractivity contribution in [2.24, 2.45) is 4.99 Å². The zero-order valence-electron chi connectivity index (χ0n) is 21.7. The minimum absolute atomic E-state index is 0.0255. The molecule has 0 spiro atoms. The number of nitrogens with zero attached hydrogens (tertiary/aromatic N) is 3. The van der Waals surface area contributed by atoms with E-state index in [-0.39, 0.29) is 18.9 Å². The van der Waals surface area contributed by atoms with Crippen LogP contribution in [0.2, 0.25) is 0 Å². The molecule has 0 unspecified atom stereocenters. The minimum atomic E-state index is -0.659. The van der Waals surface area contributed by atoms with Crippen molar-refractivity contribution in [3.05, 3.63) is 76.3 Å². The molecule has 0 radical (unpaired) electrons. The molecule has 2 aliphatic rings. The predicted octanol–water partition coefficient (Wildman–Crippen LogP) is 4.85. The van der Waals surface area contributed by atoms with E-state index in [2.05, 4.69) is 0 Å². The van der Waals surface area contributed by atoms with Gasteiger partial charge in [-0.15, -0.1) is 0 Å². The van der Waals surface area contributed by atoms with E-state index in [1.54, 1.807) is 39.2 Å². The van der Waals surface area contributed by atoms with Crippen molar-refractivity contribution < 1.29 is 23.8 Å². The highest BCUT2D eigenvalue weighted by Crippen LogP contribution is 2.49. The minimum Gasteiger partial charge on any atom is -0.497 e. The van der Waals surface area contributed by atoms with Gasteiger partial charge in [-0.3, -0.25) is 4.79 Å². The van der Waals surface area contributed by atoms with Crippen molar-refractivity contribution >= 4 is 34.5 Å². The fourth-order valence-corrected chi connectivity index (χ4v) is 5.22.